The Hall–Kier alpha value is -3.60. The maximum absolute atomic E-state index is 2.47. The standard InChI is InChI=1S/C48H18S12/c1-3-50-28-13-33-23(5-19(1)28)45-41(55-33)15-37(57-45)38-16-42-46(58-38)24-6-21-9-35(52-30(21)14-34(24)56-42)36-10-22-8-32-26(12-29(22)51-36)48-44(54-32)18-40(60-48)39-17-43-47(59-39)25-11-27-20(2-4-49-27)7-31(25)53-43/h1-18H. The molecule has 0 aliphatic rings. The van der Waals surface area contributed by atoms with Gasteiger partial charge in [-0.3, -0.25) is 0 Å². The van der Waals surface area contributed by atoms with Gasteiger partial charge in [0.05, 0.1) is 18.8 Å². The van der Waals surface area contributed by atoms with E-state index >= 15 is 0 Å². The fourth-order valence-electron chi connectivity index (χ4n) is 8.92. The zero-order chi connectivity index (χ0) is 38.5. The molecule has 12 heteroatoms. The van der Waals surface area contributed by atoms with Crippen LogP contribution >= 0.6 is 136 Å². The van der Waals surface area contributed by atoms with E-state index in [1.54, 1.807) is 0 Å². The summed E-state index contributed by atoms with van der Waals surface area (Å²) in [7, 11) is 0. The third-order valence-corrected chi connectivity index (χ3v) is 25.9. The quantitative estimate of drug-likeness (QED) is 0.165. The van der Waals surface area contributed by atoms with Crippen molar-refractivity contribution in [2.45, 2.75) is 0 Å². The van der Waals surface area contributed by atoms with Gasteiger partial charge in [-0.25, -0.2) is 0 Å². The summed E-state index contributed by atoms with van der Waals surface area (Å²) in [6, 6.07) is 38.5. The highest BCUT2D eigenvalue weighted by atomic mass is 32.1. The first kappa shape index (κ1) is 34.0. The number of hydrogen-bond acceptors (Lipinski definition) is 12. The maximum atomic E-state index is 2.47. The number of benzene rings is 4. The van der Waals surface area contributed by atoms with Gasteiger partial charge in [-0.05, 0) is 129 Å². The molecule has 4 aromatic carbocycles. The highest BCUT2D eigenvalue weighted by Crippen LogP contribution is 2.53. The van der Waals surface area contributed by atoms with Gasteiger partial charge in [0.1, 0.15) is 0 Å². The lowest BCUT2D eigenvalue weighted by Crippen LogP contribution is -1.64. The van der Waals surface area contributed by atoms with E-state index in [0.29, 0.717) is 0 Å². The minimum absolute atomic E-state index is 1.35. The van der Waals surface area contributed by atoms with Gasteiger partial charge in [0.2, 0.25) is 0 Å². The van der Waals surface area contributed by atoms with Crippen LogP contribution in [-0.2, 0) is 0 Å². The fraction of sp³-hybridized carbons (Fsp3) is 0. The second kappa shape index (κ2) is 12.1. The summed E-state index contributed by atoms with van der Waals surface area (Å²) in [6.45, 7) is 0. The van der Waals surface area contributed by atoms with E-state index < -0.39 is 0 Å². The summed E-state index contributed by atoms with van der Waals surface area (Å²) in [5.41, 5.74) is 0. The number of hydrogen-bond donors (Lipinski definition) is 0. The number of rotatable bonds is 3. The third-order valence-electron chi connectivity index (χ3n) is 11.7. The van der Waals surface area contributed by atoms with Gasteiger partial charge < -0.3 is 0 Å². The van der Waals surface area contributed by atoms with Crippen molar-refractivity contribution in [2.24, 2.45) is 0 Å². The summed E-state index contributed by atoms with van der Waals surface area (Å²) in [4.78, 5) is 8.31. The van der Waals surface area contributed by atoms with Crippen LogP contribution in [0.25, 0.3) is 148 Å². The van der Waals surface area contributed by atoms with Crippen LogP contribution in [0.3, 0.4) is 0 Å². The van der Waals surface area contributed by atoms with Crippen molar-refractivity contribution in [1.82, 2.24) is 0 Å². The second-order valence-corrected chi connectivity index (χ2v) is 27.8. The van der Waals surface area contributed by atoms with E-state index in [-0.39, 0.29) is 0 Å². The van der Waals surface area contributed by atoms with Crippen LogP contribution in [0.1, 0.15) is 0 Å². The van der Waals surface area contributed by atoms with Gasteiger partial charge in [0, 0.05) is 107 Å². The molecule has 0 unspecified atom stereocenters. The normalized spacial score (nSPS) is 13.0. The molecule has 0 amide bonds. The number of thiophene rings is 12. The molecule has 0 spiro atoms. The predicted molar refractivity (Wildman–Crippen MR) is 287 cm³/mol. The van der Waals surface area contributed by atoms with Crippen LogP contribution < -0.4 is 0 Å². The highest BCUT2D eigenvalue weighted by molar-refractivity contribution is 7.39. The van der Waals surface area contributed by atoms with Crippen LogP contribution in [-0.4, -0.2) is 0 Å². The molecule has 0 saturated carbocycles. The Kier molecular flexibility index (Phi) is 6.85. The Morgan fingerprint density at radius 3 is 1.10 bits per heavy atom. The SMILES string of the molecule is c1cc2cc3c(cc2s1)sc1cc(-c2cc4sc5cc6sc(-c7cc8cc9sc%10cc(-c%11cc%12sc%13cc%14ccsc%14cc%13c%12s%11)sc%10c9cc8s7)cc6cc5c4s2)sc13. The highest BCUT2D eigenvalue weighted by Gasteiger charge is 2.20. The molecular weight excluding hydrogens is 961 g/mol. The zero-order valence-corrected chi connectivity index (χ0v) is 40.1. The Bertz CT molecular complexity index is 4200. The molecule has 0 fully saturated rings. The first-order valence-electron chi connectivity index (χ1n) is 19.0. The molecule has 0 N–H and O–H groups in total. The first-order valence-corrected chi connectivity index (χ1v) is 29.0. The lowest BCUT2D eigenvalue weighted by Gasteiger charge is -1.93. The Morgan fingerprint density at radius 2 is 0.567 bits per heavy atom. The summed E-state index contributed by atoms with van der Waals surface area (Å²) in [6.07, 6.45) is 0. The van der Waals surface area contributed by atoms with Crippen molar-refractivity contribution in [2.75, 3.05) is 0 Å². The average Bonchev–Trinajstić information content (AvgIpc) is 4.07. The molecule has 0 atom stereocenters. The van der Waals surface area contributed by atoms with E-state index in [2.05, 4.69) is 108 Å². The van der Waals surface area contributed by atoms with Crippen molar-refractivity contribution < 1.29 is 0 Å². The Morgan fingerprint density at radius 1 is 0.217 bits per heavy atom. The van der Waals surface area contributed by atoms with Crippen LogP contribution in [0.5, 0.6) is 0 Å². The van der Waals surface area contributed by atoms with E-state index in [0.717, 1.165) is 0 Å². The van der Waals surface area contributed by atoms with Gasteiger partial charge in [-0.2, -0.15) is 0 Å². The molecular formula is C48H18S12. The molecule has 0 aliphatic heterocycles. The molecule has 0 saturated heterocycles. The van der Waals surface area contributed by atoms with Crippen molar-refractivity contribution in [3.63, 3.8) is 0 Å². The van der Waals surface area contributed by atoms with Gasteiger partial charge in [0.15, 0.2) is 0 Å². The Labute approximate surface area is 386 Å². The van der Waals surface area contributed by atoms with Crippen LogP contribution in [0.15, 0.2) is 108 Å². The van der Waals surface area contributed by atoms with Crippen molar-refractivity contribution in [3.05, 3.63) is 108 Å². The fourth-order valence-corrected chi connectivity index (χ4v) is 23.2. The minimum Gasteiger partial charge on any atom is -0.144 e. The van der Waals surface area contributed by atoms with Gasteiger partial charge in [-0.15, -0.1) is 136 Å². The smallest absolute Gasteiger partial charge is 0.0536 e. The molecule has 0 bridgehead atoms. The van der Waals surface area contributed by atoms with Gasteiger partial charge in [-0.1, -0.05) is 0 Å². The molecule has 60 heavy (non-hydrogen) atoms. The van der Waals surface area contributed by atoms with Gasteiger partial charge in [0.25, 0.3) is 0 Å². The summed E-state index contributed by atoms with van der Waals surface area (Å²) < 4.78 is 22.5. The molecule has 12 aromatic heterocycles. The molecule has 12 heterocycles. The average molecular weight is 979 g/mol. The Balaban J connectivity index is 0.741. The van der Waals surface area contributed by atoms with E-state index in [9.17, 15) is 0 Å². The minimum atomic E-state index is 1.35. The lowest BCUT2D eigenvalue weighted by molar-refractivity contribution is 1.99. The molecule has 282 valence electrons. The summed E-state index contributed by atoms with van der Waals surface area (Å²) >= 11 is 23.2. The largest absolute Gasteiger partial charge is 0.144 e. The van der Waals surface area contributed by atoms with Crippen molar-refractivity contribution in [3.8, 4) is 29.3 Å². The maximum Gasteiger partial charge on any atom is 0.0536 e. The first-order chi connectivity index (χ1) is 29.6. The van der Waals surface area contributed by atoms with E-state index in [1.807, 2.05) is 136 Å². The molecule has 16 aromatic rings. The second-order valence-electron chi connectivity index (χ2n) is 15.2. The molecule has 0 nitrogen and oxygen atoms in total. The van der Waals surface area contributed by atoms with Crippen LogP contribution in [0.4, 0.5) is 0 Å². The predicted octanol–water partition coefficient (Wildman–Crippen LogP) is 21.3. The van der Waals surface area contributed by atoms with Crippen molar-refractivity contribution >= 4 is 254 Å². The third kappa shape index (κ3) is 4.77. The zero-order valence-electron chi connectivity index (χ0n) is 30.3. The summed E-state index contributed by atoms with van der Waals surface area (Å²) in [5.74, 6) is 0. The van der Waals surface area contributed by atoms with E-state index in [1.165, 1.54) is 148 Å². The molecule has 0 aliphatic carbocycles. The van der Waals surface area contributed by atoms with Gasteiger partial charge >= 0.3 is 0 Å². The van der Waals surface area contributed by atoms with E-state index in [4.69, 9.17) is 0 Å². The molecule has 16 rings (SSSR count). The summed E-state index contributed by atoms with van der Waals surface area (Å²) in [5, 5.41) is 15.5. The number of fused-ring (bicyclic) bond motifs is 16. The molecule has 0 radical (unpaired) electrons. The monoisotopic (exact) mass is 978 g/mol. The van der Waals surface area contributed by atoms with Crippen molar-refractivity contribution in [1.29, 1.82) is 0 Å². The topological polar surface area (TPSA) is 0 Å². The van der Waals surface area contributed by atoms with Crippen LogP contribution in [0.2, 0.25) is 0 Å². The lowest BCUT2D eigenvalue weighted by atomic mass is 10.2. The van der Waals surface area contributed by atoms with Crippen LogP contribution in [0, 0.1) is 0 Å².